The predicted molar refractivity (Wildman–Crippen MR) is 83.6 cm³/mol. The van der Waals surface area contributed by atoms with E-state index in [1.54, 1.807) is 0 Å². The van der Waals surface area contributed by atoms with Crippen LogP contribution in [0.1, 0.15) is 52.5 Å². The van der Waals surface area contributed by atoms with Crippen molar-refractivity contribution >= 4 is 11.4 Å². The van der Waals surface area contributed by atoms with Crippen molar-refractivity contribution in [2.24, 2.45) is 4.99 Å². The molecule has 19 heavy (non-hydrogen) atoms. The van der Waals surface area contributed by atoms with Gasteiger partial charge in [-0.05, 0) is 43.4 Å². The normalized spacial score (nSPS) is 21.5. The number of hydrogen-bond donors (Lipinski definition) is 1. The monoisotopic (exact) mass is 258 g/mol. The Morgan fingerprint density at radius 1 is 1.21 bits per heavy atom. The third-order valence-electron chi connectivity index (χ3n) is 3.82. The van der Waals surface area contributed by atoms with E-state index in [-0.39, 0.29) is 5.41 Å². The summed E-state index contributed by atoms with van der Waals surface area (Å²) in [6, 6.07) is 8.97. The van der Waals surface area contributed by atoms with Gasteiger partial charge >= 0.3 is 0 Å². The van der Waals surface area contributed by atoms with Gasteiger partial charge in [-0.1, -0.05) is 45.4 Å². The number of rotatable bonds is 2. The van der Waals surface area contributed by atoms with Gasteiger partial charge in [-0.2, -0.15) is 0 Å². The largest absolute Gasteiger partial charge is 0.309 e. The van der Waals surface area contributed by atoms with E-state index in [9.17, 15) is 0 Å². The highest BCUT2D eigenvalue weighted by molar-refractivity contribution is 5.90. The molecule has 1 aromatic carbocycles. The van der Waals surface area contributed by atoms with Crippen LogP contribution in [0.3, 0.4) is 0 Å². The number of aliphatic imine (C=N–C) groups is 1. The van der Waals surface area contributed by atoms with Gasteiger partial charge in [-0.3, -0.25) is 4.99 Å². The van der Waals surface area contributed by atoms with Crippen molar-refractivity contribution in [3.8, 4) is 0 Å². The molecule has 2 rings (SSSR count). The highest BCUT2D eigenvalue weighted by atomic mass is 14.9. The molecule has 1 aliphatic heterocycles. The molecule has 0 aliphatic carbocycles. The van der Waals surface area contributed by atoms with Gasteiger partial charge in [0, 0.05) is 11.8 Å². The molecule has 0 saturated carbocycles. The smallest absolute Gasteiger partial charge is 0.0666 e. The summed E-state index contributed by atoms with van der Waals surface area (Å²) < 4.78 is 0. The Labute approximate surface area is 117 Å². The van der Waals surface area contributed by atoms with Gasteiger partial charge in [0.1, 0.15) is 0 Å². The van der Waals surface area contributed by atoms with E-state index in [0.29, 0.717) is 6.04 Å². The summed E-state index contributed by atoms with van der Waals surface area (Å²) in [6.45, 7) is 10.0. The minimum absolute atomic E-state index is 0.139. The summed E-state index contributed by atoms with van der Waals surface area (Å²) in [7, 11) is 0. The van der Waals surface area contributed by atoms with Crippen molar-refractivity contribution in [3.05, 3.63) is 29.8 Å². The lowest BCUT2D eigenvalue weighted by Gasteiger charge is -2.25. The highest BCUT2D eigenvalue weighted by Crippen LogP contribution is 2.31. The van der Waals surface area contributed by atoms with Gasteiger partial charge in [-0.25, -0.2) is 0 Å². The fourth-order valence-electron chi connectivity index (χ4n) is 2.68. The van der Waals surface area contributed by atoms with Crippen LogP contribution in [0.2, 0.25) is 0 Å². The van der Waals surface area contributed by atoms with Crippen molar-refractivity contribution < 1.29 is 0 Å². The molecule has 1 aromatic rings. The van der Waals surface area contributed by atoms with Crippen LogP contribution in [0.4, 0.5) is 5.69 Å². The maximum Gasteiger partial charge on any atom is 0.0666 e. The average Bonchev–Trinajstić information content (AvgIpc) is 2.39. The number of nitrogens with zero attached hydrogens (tertiary/aromatic N) is 1. The second-order valence-corrected chi connectivity index (χ2v) is 6.52. The third kappa shape index (κ3) is 3.66. The van der Waals surface area contributed by atoms with Crippen LogP contribution < -0.4 is 5.32 Å². The molecule has 0 amide bonds. The van der Waals surface area contributed by atoms with E-state index in [1.165, 1.54) is 30.5 Å². The second kappa shape index (κ2) is 5.87. The van der Waals surface area contributed by atoms with Gasteiger partial charge in [0.05, 0.1) is 5.69 Å². The lowest BCUT2D eigenvalue weighted by atomic mass is 9.86. The molecule has 0 radical (unpaired) electrons. The zero-order valence-electron chi connectivity index (χ0n) is 12.7. The van der Waals surface area contributed by atoms with E-state index in [1.807, 2.05) is 0 Å². The first-order chi connectivity index (χ1) is 8.98. The van der Waals surface area contributed by atoms with E-state index >= 15 is 0 Å². The quantitative estimate of drug-likeness (QED) is 0.789. The molecule has 1 unspecified atom stereocenters. The molecule has 2 heteroatoms. The minimum atomic E-state index is 0.139. The van der Waals surface area contributed by atoms with Crippen LogP contribution in [-0.4, -0.2) is 18.3 Å². The van der Waals surface area contributed by atoms with Crippen LogP contribution in [0.15, 0.2) is 29.3 Å². The zero-order valence-corrected chi connectivity index (χ0v) is 12.7. The van der Waals surface area contributed by atoms with Crippen molar-refractivity contribution in [1.29, 1.82) is 0 Å². The summed E-state index contributed by atoms with van der Waals surface area (Å²) in [5.41, 5.74) is 3.81. The van der Waals surface area contributed by atoms with Gasteiger partial charge < -0.3 is 5.32 Å². The lowest BCUT2D eigenvalue weighted by molar-refractivity contribution is 0.470. The topological polar surface area (TPSA) is 24.4 Å². The number of nitrogens with one attached hydrogen (secondary N) is 1. The maximum absolute atomic E-state index is 4.90. The number of piperidine rings is 1. The van der Waals surface area contributed by atoms with Gasteiger partial charge in [0.2, 0.25) is 0 Å². The zero-order chi connectivity index (χ0) is 13.9. The molecule has 1 heterocycles. The van der Waals surface area contributed by atoms with Crippen molar-refractivity contribution in [2.45, 2.75) is 58.4 Å². The summed E-state index contributed by atoms with van der Waals surface area (Å²) in [5.74, 6) is 0. The first kappa shape index (κ1) is 14.3. The first-order valence-corrected chi connectivity index (χ1v) is 7.36. The van der Waals surface area contributed by atoms with E-state index in [4.69, 9.17) is 4.99 Å². The lowest BCUT2D eigenvalue weighted by Crippen LogP contribution is -2.39. The minimum Gasteiger partial charge on any atom is -0.309 e. The summed E-state index contributed by atoms with van der Waals surface area (Å²) in [6.07, 6.45) is 3.82. The van der Waals surface area contributed by atoms with Crippen LogP contribution in [0, 0.1) is 0 Å². The molecular weight excluding hydrogens is 232 g/mol. The fraction of sp³-hybridized carbons (Fsp3) is 0.588. The standard InChI is InChI=1S/C17H26N2/c1-13(15-10-7-8-12-18-15)19-16-11-6-5-9-14(16)17(2,3)4/h5-6,9,11,15,18H,7-8,10,12H2,1-4H3. The van der Waals surface area contributed by atoms with Gasteiger partial charge in [0.25, 0.3) is 0 Å². The number of benzene rings is 1. The second-order valence-electron chi connectivity index (χ2n) is 6.52. The maximum atomic E-state index is 4.90. The third-order valence-corrected chi connectivity index (χ3v) is 3.82. The van der Waals surface area contributed by atoms with Gasteiger partial charge in [0.15, 0.2) is 0 Å². The molecule has 1 atom stereocenters. The SMILES string of the molecule is CC(=Nc1ccccc1C(C)(C)C)C1CCCCN1. The van der Waals surface area contributed by atoms with Gasteiger partial charge in [-0.15, -0.1) is 0 Å². The van der Waals surface area contributed by atoms with Crippen LogP contribution in [0.5, 0.6) is 0 Å². The Hall–Kier alpha value is -1.15. The summed E-state index contributed by atoms with van der Waals surface area (Å²) in [5, 5.41) is 3.57. The molecule has 2 nitrogen and oxygen atoms in total. The fourth-order valence-corrected chi connectivity index (χ4v) is 2.68. The van der Waals surface area contributed by atoms with E-state index in [2.05, 4.69) is 57.3 Å². The Morgan fingerprint density at radius 3 is 2.58 bits per heavy atom. The van der Waals surface area contributed by atoms with Crippen molar-refractivity contribution in [1.82, 2.24) is 5.32 Å². The highest BCUT2D eigenvalue weighted by Gasteiger charge is 2.19. The van der Waals surface area contributed by atoms with E-state index < -0.39 is 0 Å². The van der Waals surface area contributed by atoms with Crippen molar-refractivity contribution in [2.75, 3.05) is 6.54 Å². The Kier molecular flexibility index (Phi) is 4.41. The number of hydrogen-bond acceptors (Lipinski definition) is 2. The Bertz CT molecular complexity index is 449. The number of para-hydroxylation sites is 1. The molecule has 0 aromatic heterocycles. The molecule has 1 saturated heterocycles. The summed E-state index contributed by atoms with van der Waals surface area (Å²) in [4.78, 5) is 4.90. The first-order valence-electron chi connectivity index (χ1n) is 7.36. The predicted octanol–water partition coefficient (Wildman–Crippen LogP) is 4.22. The average molecular weight is 258 g/mol. The molecule has 1 aliphatic rings. The molecule has 0 spiro atoms. The Balaban J connectivity index is 2.26. The van der Waals surface area contributed by atoms with Crippen LogP contribution in [0.25, 0.3) is 0 Å². The molecule has 104 valence electrons. The summed E-state index contributed by atoms with van der Waals surface area (Å²) >= 11 is 0. The molecule has 0 bridgehead atoms. The molecular formula is C17H26N2. The van der Waals surface area contributed by atoms with Crippen LogP contribution >= 0.6 is 0 Å². The molecule has 1 fully saturated rings. The van der Waals surface area contributed by atoms with E-state index in [0.717, 1.165) is 12.2 Å². The Morgan fingerprint density at radius 2 is 1.95 bits per heavy atom. The van der Waals surface area contributed by atoms with Crippen molar-refractivity contribution in [3.63, 3.8) is 0 Å². The van der Waals surface area contributed by atoms with Crippen LogP contribution in [-0.2, 0) is 5.41 Å². The molecule has 1 N–H and O–H groups in total.